The SMILES string of the molecule is COCCOCCOC(F)(F)F. The van der Waals surface area contributed by atoms with Crippen molar-refractivity contribution < 1.29 is 27.4 Å². The lowest BCUT2D eigenvalue weighted by Gasteiger charge is -2.07. The molecule has 0 saturated carbocycles. The summed E-state index contributed by atoms with van der Waals surface area (Å²) >= 11 is 0. The van der Waals surface area contributed by atoms with Crippen LogP contribution < -0.4 is 0 Å². The molecule has 74 valence electrons. The molecule has 0 unspecified atom stereocenters. The molecule has 0 amide bonds. The zero-order valence-electron chi connectivity index (χ0n) is 6.69. The third kappa shape index (κ3) is 9.67. The van der Waals surface area contributed by atoms with Crippen molar-refractivity contribution >= 4 is 0 Å². The summed E-state index contributed by atoms with van der Waals surface area (Å²) in [5.41, 5.74) is 0. The van der Waals surface area contributed by atoms with Gasteiger partial charge in [0.05, 0.1) is 26.4 Å². The summed E-state index contributed by atoms with van der Waals surface area (Å²) in [6.45, 7) is 0.0832. The standard InChI is InChI=1S/C6H11F3O3/c1-10-2-3-11-4-5-12-6(7,8)9/h2-5H2,1H3. The molecule has 0 aliphatic carbocycles. The normalized spacial score (nSPS) is 12.0. The molecule has 0 saturated heterocycles. The number of alkyl halides is 3. The third-order valence-electron chi connectivity index (χ3n) is 0.925. The zero-order chi connectivity index (χ0) is 9.45. The minimum absolute atomic E-state index is 0.0805. The van der Waals surface area contributed by atoms with E-state index in [0.717, 1.165) is 0 Å². The molecule has 0 heterocycles. The van der Waals surface area contributed by atoms with Gasteiger partial charge in [-0.05, 0) is 0 Å². The highest BCUT2D eigenvalue weighted by molar-refractivity contribution is 4.33. The molecule has 0 bridgehead atoms. The van der Waals surface area contributed by atoms with Crippen LogP contribution in [0.1, 0.15) is 0 Å². The Kier molecular flexibility index (Phi) is 6.04. The van der Waals surface area contributed by atoms with Gasteiger partial charge in [-0.25, -0.2) is 0 Å². The molecule has 6 heteroatoms. The first-order chi connectivity index (χ1) is 5.56. The first-order valence-corrected chi connectivity index (χ1v) is 3.33. The van der Waals surface area contributed by atoms with Crippen LogP contribution in [0.15, 0.2) is 0 Å². The van der Waals surface area contributed by atoms with Gasteiger partial charge in [-0.2, -0.15) is 0 Å². The van der Waals surface area contributed by atoms with E-state index < -0.39 is 13.0 Å². The predicted octanol–water partition coefficient (Wildman–Crippen LogP) is 1.19. The van der Waals surface area contributed by atoms with Crippen LogP contribution in [0.3, 0.4) is 0 Å². The maximum Gasteiger partial charge on any atom is 0.522 e. The molecule has 0 fully saturated rings. The summed E-state index contributed by atoms with van der Waals surface area (Å²) in [4.78, 5) is 0. The monoisotopic (exact) mass is 188 g/mol. The largest absolute Gasteiger partial charge is 0.522 e. The fraction of sp³-hybridized carbons (Fsp3) is 1.00. The highest BCUT2D eigenvalue weighted by Crippen LogP contribution is 2.15. The maximum atomic E-state index is 11.3. The first kappa shape index (κ1) is 11.7. The molecule has 0 rings (SSSR count). The van der Waals surface area contributed by atoms with Gasteiger partial charge < -0.3 is 9.47 Å². The average Bonchev–Trinajstić information content (AvgIpc) is 1.94. The summed E-state index contributed by atoms with van der Waals surface area (Å²) in [6, 6.07) is 0. The molecule has 3 nitrogen and oxygen atoms in total. The van der Waals surface area contributed by atoms with E-state index >= 15 is 0 Å². The van der Waals surface area contributed by atoms with E-state index in [2.05, 4.69) is 9.47 Å². The fourth-order valence-electron chi connectivity index (χ4n) is 0.461. The van der Waals surface area contributed by atoms with E-state index in [1.165, 1.54) is 7.11 Å². The molecule has 0 aliphatic heterocycles. The highest BCUT2D eigenvalue weighted by Gasteiger charge is 2.28. The highest BCUT2D eigenvalue weighted by atomic mass is 19.4. The fourth-order valence-corrected chi connectivity index (χ4v) is 0.461. The summed E-state index contributed by atoms with van der Waals surface area (Å²) < 4.78 is 46.7. The van der Waals surface area contributed by atoms with Crippen LogP contribution in [0.4, 0.5) is 13.2 Å². The summed E-state index contributed by atoms with van der Waals surface area (Å²) in [7, 11) is 1.48. The van der Waals surface area contributed by atoms with Crippen LogP contribution in [0, 0.1) is 0 Å². The van der Waals surface area contributed by atoms with Gasteiger partial charge in [0.2, 0.25) is 0 Å². The van der Waals surface area contributed by atoms with E-state index in [0.29, 0.717) is 6.61 Å². The minimum Gasteiger partial charge on any atom is -0.382 e. The van der Waals surface area contributed by atoms with E-state index in [4.69, 9.17) is 4.74 Å². The molecule has 0 spiro atoms. The van der Waals surface area contributed by atoms with E-state index in [1.54, 1.807) is 0 Å². The first-order valence-electron chi connectivity index (χ1n) is 3.33. The molecule has 0 aromatic heterocycles. The van der Waals surface area contributed by atoms with Crippen LogP contribution in [0.25, 0.3) is 0 Å². The van der Waals surface area contributed by atoms with E-state index in [-0.39, 0.29) is 13.2 Å². The van der Waals surface area contributed by atoms with Gasteiger partial charge in [0, 0.05) is 7.11 Å². The molecular weight excluding hydrogens is 177 g/mol. The number of hydrogen-bond donors (Lipinski definition) is 0. The third-order valence-corrected chi connectivity index (χ3v) is 0.925. The Morgan fingerprint density at radius 2 is 1.58 bits per heavy atom. The summed E-state index contributed by atoms with van der Waals surface area (Å²) in [6.07, 6.45) is -4.56. The molecular formula is C6H11F3O3. The van der Waals surface area contributed by atoms with Gasteiger partial charge in [0.25, 0.3) is 0 Å². The van der Waals surface area contributed by atoms with Crippen LogP contribution in [0.2, 0.25) is 0 Å². The summed E-state index contributed by atoms with van der Waals surface area (Å²) in [5.74, 6) is 0. The van der Waals surface area contributed by atoms with Crippen LogP contribution >= 0.6 is 0 Å². The lowest BCUT2D eigenvalue weighted by molar-refractivity contribution is -0.327. The second-order valence-electron chi connectivity index (χ2n) is 1.90. The second kappa shape index (κ2) is 6.22. The minimum atomic E-state index is -4.56. The van der Waals surface area contributed by atoms with Gasteiger partial charge in [-0.15, -0.1) is 13.2 Å². The smallest absolute Gasteiger partial charge is 0.382 e. The van der Waals surface area contributed by atoms with Crippen molar-refractivity contribution in [2.75, 3.05) is 33.5 Å². The van der Waals surface area contributed by atoms with Gasteiger partial charge in [0.15, 0.2) is 0 Å². The van der Waals surface area contributed by atoms with Crippen molar-refractivity contribution in [2.45, 2.75) is 6.36 Å². The Hall–Kier alpha value is -0.330. The van der Waals surface area contributed by atoms with E-state index in [1.807, 2.05) is 0 Å². The number of ether oxygens (including phenoxy) is 3. The molecule has 0 atom stereocenters. The molecule has 12 heavy (non-hydrogen) atoms. The predicted molar refractivity (Wildman–Crippen MR) is 34.7 cm³/mol. The zero-order valence-corrected chi connectivity index (χ0v) is 6.69. The second-order valence-corrected chi connectivity index (χ2v) is 1.90. The lowest BCUT2D eigenvalue weighted by Crippen LogP contribution is -2.17. The van der Waals surface area contributed by atoms with Gasteiger partial charge >= 0.3 is 6.36 Å². The van der Waals surface area contributed by atoms with Gasteiger partial charge in [-0.1, -0.05) is 0 Å². The van der Waals surface area contributed by atoms with Crippen molar-refractivity contribution in [1.82, 2.24) is 0 Å². The number of halogens is 3. The van der Waals surface area contributed by atoms with Crippen LogP contribution in [-0.2, 0) is 14.2 Å². The summed E-state index contributed by atoms with van der Waals surface area (Å²) in [5, 5.41) is 0. The number of hydrogen-bond acceptors (Lipinski definition) is 3. The van der Waals surface area contributed by atoms with Gasteiger partial charge in [0.1, 0.15) is 0 Å². The van der Waals surface area contributed by atoms with Crippen molar-refractivity contribution in [3.63, 3.8) is 0 Å². The Labute approximate surface area is 68.4 Å². The quantitative estimate of drug-likeness (QED) is 0.586. The Morgan fingerprint density at radius 1 is 1.00 bits per heavy atom. The van der Waals surface area contributed by atoms with Crippen molar-refractivity contribution in [2.24, 2.45) is 0 Å². The lowest BCUT2D eigenvalue weighted by atomic mass is 10.7. The van der Waals surface area contributed by atoms with Crippen molar-refractivity contribution in [3.05, 3.63) is 0 Å². The Morgan fingerprint density at radius 3 is 2.08 bits per heavy atom. The molecule has 0 aromatic rings. The average molecular weight is 188 g/mol. The van der Waals surface area contributed by atoms with Crippen LogP contribution in [-0.4, -0.2) is 39.9 Å². The maximum absolute atomic E-state index is 11.3. The number of rotatable bonds is 6. The van der Waals surface area contributed by atoms with Gasteiger partial charge in [-0.3, -0.25) is 4.74 Å². The topological polar surface area (TPSA) is 27.7 Å². The van der Waals surface area contributed by atoms with E-state index in [9.17, 15) is 13.2 Å². The molecule has 0 aliphatic rings. The van der Waals surface area contributed by atoms with Crippen LogP contribution in [0.5, 0.6) is 0 Å². The Balaban J connectivity index is 3.01. The number of methoxy groups -OCH3 is 1. The Bertz CT molecular complexity index is 105. The van der Waals surface area contributed by atoms with Crippen molar-refractivity contribution in [1.29, 1.82) is 0 Å². The van der Waals surface area contributed by atoms with Crippen molar-refractivity contribution in [3.8, 4) is 0 Å². The molecule has 0 N–H and O–H groups in total. The molecule has 0 aromatic carbocycles. The molecule has 0 radical (unpaired) electrons.